The summed E-state index contributed by atoms with van der Waals surface area (Å²) in [5, 5.41) is 14.8. The number of halogens is 1. The van der Waals surface area contributed by atoms with Gasteiger partial charge in [-0.3, -0.25) is 15.0 Å². The molecule has 0 aliphatic carbocycles. The third-order valence-corrected chi connectivity index (χ3v) is 4.23. The quantitative estimate of drug-likeness (QED) is 0.546. The lowest BCUT2D eigenvalue weighted by Gasteiger charge is -2.07. The molecular formula is C12H12BrN3O3S. The Balaban J connectivity index is 1.84. The SMILES string of the molecule is O=C(O)CC1SC(N/N=C\c2ccc(Br)cc2)NC1=O. The van der Waals surface area contributed by atoms with Crippen molar-refractivity contribution in [3.63, 3.8) is 0 Å². The number of carboxylic acids is 1. The highest BCUT2D eigenvalue weighted by atomic mass is 79.9. The van der Waals surface area contributed by atoms with Crippen molar-refractivity contribution < 1.29 is 14.7 Å². The fourth-order valence-corrected chi connectivity index (χ4v) is 2.90. The number of hydrogen-bond acceptors (Lipinski definition) is 5. The van der Waals surface area contributed by atoms with Gasteiger partial charge in [0.1, 0.15) is 0 Å². The van der Waals surface area contributed by atoms with E-state index in [9.17, 15) is 9.59 Å². The van der Waals surface area contributed by atoms with Crippen molar-refractivity contribution in [3.05, 3.63) is 34.3 Å². The number of carbonyl (C=O) groups excluding carboxylic acids is 1. The molecule has 0 radical (unpaired) electrons. The van der Waals surface area contributed by atoms with Gasteiger partial charge in [-0.05, 0) is 17.7 Å². The van der Waals surface area contributed by atoms with Gasteiger partial charge >= 0.3 is 5.97 Å². The Morgan fingerprint density at radius 1 is 1.50 bits per heavy atom. The van der Waals surface area contributed by atoms with E-state index >= 15 is 0 Å². The van der Waals surface area contributed by atoms with Crippen LogP contribution < -0.4 is 10.7 Å². The zero-order valence-corrected chi connectivity index (χ0v) is 12.6. The van der Waals surface area contributed by atoms with Crippen molar-refractivity contribution >= 4 is 45.8 Å². The summed E-state index contributed by atoms with van der Waals surface area (Å²) in [6.45, 7) is 0. The van der Waals surface area contributed by atoms with Crippen LogP contribution in [0.15, 0.2) is 33.8 Å². The van der Waals surface area contributed by atoms with E-state index in [0.29, 0.717) is 0 Å². The van der Waals surface area contributed by atoms with Gasteiger partial charge in [0, 0.05) is 4.47 Å². The van der Waals surface area contributed by atoms with E-state index in [1.165, 1.54) is 11.8 Å². The van der Waals surface area contributed by atoms with E-state index < -0.39 is 16.7 Å². The first-order valence-corrected chi connectivity index (χ1v) is 7.50. The molecule has 1 amide bonds. The van der Waals surface area contributed by atoms with E-state index in [2.05, 4.69) is 31.8 Å². The van der Waals surface area contributed by atoms with Gasteiger partial charge in [0.05, 0.1) is 17.9 Å². The third-order valence-electron chi connectivity index (χ3n) is 2.50. The highest BCUT2D eigenvalue weighted by Gasteiger charge is 2.33. The van der Waals surface area contributed by atoms with Gasteiger partial charge in [0.2, 0.25) is 5.91 Å². The summed E-state index contributed by atoms with van der Waals surface area (Å²) in [6, 6.07) is 7.58. The maximum atomic E-state index is 11.5. The molecular weight excluding hydrogens is 346 g/mol. The van der Waals surface area contributed by atoms with Crippen LogP contribution in [0.2, 0.25) is 0 Å². The van der Waals surface area contributed by atoms with E-state index in [1.807, 2.05) is 24.3 Å². The molecule has 1 aromatic rings. The molecule has 106 valence electrons. The number of carboxylic acid groups (broad SMARTS) is 1. The number of benzene rings is 1. The molecule has 6 nitrogen and oxygen atoms in total. The van der Waals surface area contributed by atoms with Gasteiger partial charge in [-0.15, -0.1) is 11.8 Å². The van der Waals surface area contributed by atoms with Gasteiger partial charge < -0.3 is 10.4 Å². The number of nitrogens with one attached hydrogen (secondary N) is 2. The molecule has 1 heterocycles. The molecule has 0 saturated carbocycles. The van der Waals surface area contributed by atoms with Crippen LogP contribution in [-0.4, -0.2) is 33.9 Å². The molecule has 1 aliphatic rings. The summed E-state index contributed by atoms with van der Waals surface area (Å²) >= 11 is 4.55. The van der Waals surface area contributed by atoms with Crippen LogP contribution in [0.4, 0.5) is 0 Å². The lowest BCUT2D eigenvalue weighted by Crippen LogP contribution is -2.35. The Morgan fingerprint density at radius 3 is 2.85 bits per heavy atom. The molecule has 0 spiro atoms. The fraction of sp³-hybridized carbons (Fsp3) is 0.250. The van der Waals surface area contributed by atoms with Crippen LogP contribution in [0, 0.1) is 0 Å². The van der Waals surface area contributed by atoms with Gasteiger partial charge in [-0.25, -0.2) is 0 Å². The topological polar surface area (TPSA) is 90.8 Å². The largest absolute Gasteiger partial charge is 0.481 e. The number of carbonyl (C=O) groups is 2. The highest BCUT2D eigenvalue weighted by Crippen LogP contribution is 2.24. The number of hydrogen-bond donors (Lipinski definition) is 3. The summed E-state index contributed by atoms with van der Waals surface area (Å²) < 4.78 is 0.984. The molecule has 1 saturated heterocycles. The van der Waals surface area contributed by atoms with Crippen molar-refractivity contribution in [2.45, 2.75) is 17.2 Å². The minimum absolute atomic E-state index is 0.189. The third kappa shape index (κ3) is 4.24. The Hall–Kier alpha value is -1.54. The lowest BCUT2D eigenvalue weighted by molar-refractivity contribution is -0.138. The Bertz CT molecular complexity index is 535. The number of nitrogens with zero attached hydrogens (tertiary/aromatic N) is 1. The van der Waals surface area contributed by atoms with Gasteiger partial charge in [0.15, 0.2) is 5.50 Å². The maximum Gasteiger partial charge on any atom is 0.305 e. The van der Waals surface area contributed by atoms with Crippen LogP contribution in [0.3, 0.4) is 0 Å². The molecule has 8 heteroatoms. The first-order valence-electron chi connectivity index (χ1n) is 5.76. The standard InChI is InChI=1S/C12H12BrN3O3S/c13-8-3-1-7(2-4-8)6-14-16-12-15-11(19)9(20-12)5-10(17)18/h1-4,6,9,12,16H,5H2,(H,15,19)(H,17,18)/b14-6-. The van der Waals surface area contributed by atoms with Crippen molar-refractivity contribution in [1.29, 1.82) is 0 Å². The normalized spacial score (nSPS) is 21.9. The van der Waals surface area contributed by atoms with E-state index in [1.54, 1.807) is 6.21 Å². The Kier molecular flexibility index (Phi) is 5.02. The second-order valence-corrected chi connectivity index (χ2v) is 6.28. The zero-order valence-electron chi connectivity index (χ0n) is 10.2. The van der Waals surface area contributed by atoms with Gasteiger partial charge in [-0.1, -0.05) is 28.1 Å². The summed E-state index contributed by atoms with van der Waals surface area (Å²) in [7, 11) is 0. The molecule has 2 atom stereocenters. The average Bonchev–Trinajstić information content (AvgIpc) is 2.72. The molecule has 1 aromatic carbocycles. The van der Waals surface area contributed by atoms with Gasteiger partial charge in [0.25, 0.3) is 0 Å². The second kappa shape index (κ2) is 6.76. The van der Waals surface area contributed by atoms with Crippen LogP contribution in [0.1, 0.15) is 12.0 Å². The van der Waals surface area contributed by atoms with Crippen LogP contribution in [0.25, 0.3) is 0 Å². The van der Waals surface area contributed by atoms with E-state index in [0.717, 1.165) is 10.0 Å². The molecule has 1 aliphatic heterocycles. The molecule has 20 heavy (non-hydrogen) atoms. The number of hydrazone groups is 1. The van der Waals surface area contributed by atoms with Crippen molar-refractivity contribution in [3.8, 4) is 0 Å². The Morgan fingerprint density at radius 2 is 2.20 bits per heavy atom. The zero-order chi connectivity index (χ0) is 14.5. The maximum absolute atomic E-state index is 11.5. The first kappa shape index (κ1) is 14.9. The van der Waals surface area contributed by atoms with Crippen molar-refractivity contribution in [2.24, 2.45) is 5.10 Å². The number of rotatable bonds is 5. The molecule has 2 rings (SSSR count). The van der Waals surface area contributed by atoms with E-state index in [-0.39, 0.29) is 12.3 Å². The van der Waals surface area contributed by atoms with Crippen molar-refractivity contribution in [2.75, 3.05) is 0 Å². The fourth-order valence-electron chi connectivity index (χ4n) is 1.57. The van der Waals surface area contributed by atoms with Crippen molar-refractivity contribution in [1.82, 2.24) is 10.7 Å². The minimum Gasteiger partial charge on any atom is -0.481 e. The lowest BCUT2D eigenvalue weighted by atomic mass is 10.2. The summed E-state index contributed by atoms with van der Waals surface area (Å²) in [6.07, 6.45) is 1.44. The van der Waals surface area contributed by atoms with Crippen LogP contribution in [-0.2, 0) is 9.59 Å². The van der Waals surface area contributed by atoms with Crippen LogP contribution >= 0.6 is 27.7 Å². The Labute approximate surface area is 128 Å². The molecule has 3 N–H and O–H groups in total. The van der Waals surface area contributed by atoms with Gasteiger partial charge in [-0.2, -0.15) is 5.10 Å². The molecule has 1 fully saturated rings. The number of aliphatic carboxylic acids is 1. The monoisotopic (exact) mass is 357 g/mol. The summed E-state index contributed by atoms with van der Waals surface area (Å²) in [5.74, 6) is -1.27. The average molecular weight is 358 g/mol. The summed E-state index contributed by atoms with van der Waals surface area (Å²) in [5.41, 5.74) is 3.28. The second-order valence-electron chi connectivity index (χ2n) is 4.05. The predicted octanol–water partition coefficient (Wildman–Crippen LogP) is 1.36. The van der Waals surface area contributed by atoms with Crippen LogP contribution in [0.5, 0.6) is 0 Å². The smallest absolute Gasteiger partial charge is 0.305 e. The number of thioether (sulfide) groups is 1. The minimum atomic E-state index is -0.989. The molecule has 0 aromatic heterocycles. The highest BCUT2D eigenvalue weighted by molar-refractivity contribution is 9.10. The van der Waals surface area contributed by atoms with E-state index in [4.69, 9.17) is 5.11 Å². The predicted molar refractivity (Wildman–Crippen MR) is 80.4 cm³/mol. The molecule has 0 bridgehead atoms. The first-order chi connectivity index (χ1) is 9.54. The molecule has 2 unspecified atom stereocenters. The number of amides is 1. The summed E-state index contributed by atoms with van der Waals surface area (Å²) in [4.78, 5) is 22.1.